The molecule has 0 aliphatic carbocycles. The van der Waals surface area contributed by atoms with Crippen molar-refractivity contribution in [2.75, 3.05) is 0 Å². The number of hydrogen-bond acceptors (Lipinski definition) is 2. The molecule has 1 aliphatic rings. The average Bonchev–Trinajstić information content (AvgIpc) is 2.37. The summed E-state index contributed by atoms with van der Waals surface area (Å²) in [5, 5.41) is 0. The van der Waals surface area contributed by atoms with Crippen molar-refractivity contribution in [2.45, 2.75) is 160 Å². The molecule has 0 aromatic heterocycles. The molecule has 1 rings (SSSR count). The van der Waals surface area contributed by atoms with Gasteiger partial charge in [0, 0.05) is 35.2 Å². The third-order valence-electron chi connectivity index (χ3n) is 6.90. The van der Waals surface area contributed by atoms with Gasteiger partial charge >= 0.3 is 0 Å². The molecule has 2 nitrogen and oxygen atoms in total. The molecule has 1 heterocycles. The maximum Gasteiger partial charge on any atom is 0.0314 e. The Hall–Kier alpha value is -0.0800. The second-order valence-corrected chi connectivity index (χ2v) is 16.4. The highest BCUT2D eigenvalue weighted by molar-refractivity contribution is 5.17. The lowest BCUT2D eigenvalue weighted by atomic mass is 9.60. The molecule has 0 spiro atoms. The first-order chi connectivity index (χ1) is 12.7. The topological polar surface area (TPSA) is 6.48 Å². The zero-order valence-corrected chi connectivity index (χ0v) is 24.2. The van der Waals surface area contributed by atoms with Crippen molar-refractivity contribution in [3.05, 3.63) is 0 Å². The third-order valence-corrected chi connectivity index (χ3v) is 6.90. The zero-order valence-electron chi connectivity index (χ0n) is 24.2. The fraction of sp³-hybridized carbons (Fsp3) is 1.00. The Bertz CT molecular complexity index is 423. The van der Waals surface area contributed by atoms with Gasteiger partial charge in [-0.2, -0.15) is 0 Å². The predicted octanol–water partition coefficient (Wildman–Crippen LogP) is 7.86. The number of rotatable bonds is 0. The van der Waals surface area contributed by atoms with Crippen molar-refractivity contribution in [3.8, 4) is 0 Å². The molecule has 4 unspecified atom stereocenters. The normalized spacial score (nSPS) is 29.4. The van der Waals surface area contributed by atoms with Gasteiger partial charge in [-0.05, 0) is 63.2 Å². The van der Waals surface area contributed by atoms with Crippen LogP contribution in [0.3, 0.4) is 0 Å². The van der Waals surface area contributed by atoms with Gasteiger partial charge in [0.05, 0.1) is 0 Å². The minimum Gasteiger partial charge on any atom is -0.288 e. The van der Waals surface area contributed by atoms with Gasteiger partial charge < -0.3 is 0 Å². The second kappa shape index (κ2) is 7.75. The van der Waals surface area contributed by atoms with Crippen LogP contribution >= 0.6 is 0 Å². The van der Waals surface area contributed by atoms with Gasteiger partial charge in [-0.3, -0.25) is 9.80 Å². The SMILES string of the molecule is CC(C)(C)C1C(C(C)(C)C)N(C(C)(C)C)C(C(C)(C)C)C(C(C)(C)C)N1C(C)(C)C. The predicted molar refractivity (Wildman–Crippen MR) is 136 cm³/mol. The van der Waals surface area contributed by atoms with Crippen LogP contribution in [-0.2, 0) is 0 Å². The van der Waals surface area contributed by atoms with E-state index < -0.39 is 0 Å². The molecular formula is C28H58N2. The average molecular weight is 423 g/mol. The summed E-state index contributed by atoms with van der Waals surface area (Å²) in [6, 6.07) is 1.83. The summed E-state index contributed by atoms with van der Waals surface area (Å²) in [6.07, 6.45) is 0. The first-order valence-corrected chi connectivity index (χ1v) is 12.3. The van der Waals surface area contributed by atoms with E-state index in [1.165, 1.54) is 0 Å². The minimum absolute atomic E-state index is 0.0901. The molecule has 0 amide bonds. The molecule has 1 saturated heterocycles. The summed E-state index contributed by atoms with van der Waals surface area (Å²) in [7, 11) is 0. The Labute approximate surface area is 191 Å². The highest BCUT2D eigenvalue weighted by atomic mass is 15.4. The molecule has 1 aliphatic heterocycles. The van der Waals surface area contributed by atoms with Crippen LogP contribution < -0.4 is 0 Å². The second-order valence-electron chi connectivity index (χ2n) is 16.4. The monoisotopic (exact) mass is 422 g/mol. The van der Waals surface area contributed by atoms with Gasteiger partial charge in [-0.25, -0.2) is 0 Å². The van der Waals surface area contributed by atoms with Gasteiger partial charge in [0.1, 0.15) is 0 Å². The van der Waals surface area contributed by atoms with Crippen molar-refractivity contribution >= 4 is 0 Å². The Morgan fingerprint density at radius 3 is 0.500 bits per heavy atom. The molecule has 2 heteroatoms. The largest absolute Gasteiger partial charge is 0.288 e. The Balaban J connectivity index is 4.17. The fourth-order valence-corrected chi connectivity index (χ4v) is 6.19. The zero-order chi connectivity index (χ0) is 24.5. The van der Waals surface area contributed by atoms with Crippen molar-refractivity contribution in [2.24, 2.45) is 21.7 Å². The van der Waals surface area contributed by atoms with Crippen LogP contribution in [0.15, 0.2) is 0 Å². The highest BCUT2D eigenvalue weighted by Crippen LogP contribution is 2.54. The minimum atomic E-state index is 0.0901. The molecule has 0 bridgehead atoms. The first kappa shape index (κ1) is 28.0. The van der Waals surface area contributed by atoms with E-state index in [1.807, 2.05) is 0 Å². The van der Waals surface area contributed by atoms with Crippen LogP contribution in [-0.4, -0.2) is 45.0 Å². The lowest BCUT2D eigenvalue weighted by molar-refractivity contribution is -0.222. The first-order valence-electron chi connectivity index (χ1n) is 12.3. The summed E-state index contributed by atoms with van der Waals surface area (Å²) in [5.74, 6) is 0. The van der Waals surface area contributed by atoms with Crippen LogP contribution in [0.2, 0.25) is 0 Å². The van der Waals surface area contributed by atoms with Gasteiger partial charge in [0.25, 0.3) is 0 Å². The molecule has 4 atom stereocenters. The summed E-state index contributed by atoms with van der Waals surface area (Å²) >= 11 is 0. The molecule has 0 radical (unpaired) electrons. The molecule has 0 aromatic carbocycles. The lowest BCUT2D eigenvalue weighted by Gasteiger charge is -2.71. The van der Waals surface area contributed by atoms with E-state index in [9.17, 15) is 0 Å². The Kier molecular flexibility index (Phi) is 7.23. The van der Waals surface area contributed by atoms with Crippen molar-refractivity contribution in [3.63, 3.8) is 0 Å². The smallest absolute Gasteiger partial charge is 0.0314 e. The van der Waals surface area contributed by atoms with Crippen molar-refractivity contribution in [1.82, 2.24) is 9.80 Å². The van der Waals surface area contributed by atoms with E-state index in [2.05, 4.69) is 134 Å². The van der Waals surface area contributed by atoms with Crippen LogP contribution in [0, 0.1) is 21.7 Å². The molecule has 0 N–H and O–H groups in total. The number of piperazine rings is 1. The Morgan fingerprint density at radius 2 is 0.433 bits per heavy atom. The third kappa shape index (κ3) is 5.64. The van der Waals surface area contributed by atoms with E-state index in [-0.39, 0.29) is 32.7 Å². The van der Waals surface area contributed by atoms with E-state index >= 15 is 0 Å². The fourth-order valence-electron chi connectivity index (χ4n) is 6.19. The molecule has 1 fully saturated rings. The molecule has 0 saturated carbocycles. The van der Waals surface area contributed by atoms with Gasteiger partial charge in [-0.15, -0.1) is 0 Å². The molecule has 30 heavy (non-hydrogen) atoms. The van der Waals surface area contributed by atoms with Gasteiger partial charge in [0.2, 0.25) is 0 Å². The molecule has 0 aromatic rings. The van der Waals surface area contributed by atoms with Crippen LogP contribution in [0.25, 0.3) is 0 Å². The summed E-state index contributed by atoms with van der Waals surface area (Å²) in [4.78, 5) is 5.92. The lowest BCUT2D eigenvalue weighted by Crippen LogP contribution is -2.82. The van der Waals surface area contributed by atoms with Crippen LogP contribution in [0.1, 0.15) is 125 Å². The Morgan fingerprint density at radius 1 is 0.300 bits per heavy atom. The quantitative estimate of drug-likeness (QED) is 0.392. The summed E-state index contributed by atoms with van der Waals surface area (Å²) in [5.41, 5.74) is 0.851. The highest BCUT2D eigenvalue weighted by Gasteiger charge is 2.62. The van der Waals surface area contributed by atoms with E-state index in [4.69, 9.17) is 0 Å². The van der Waals surface area contributed by atoms with Crippen molar-refractivity contribution < 1.29 is 0 Å². The van der Waals surface area contributed by atoms with Crippen molar-refractivity contribution in [1.29, 1.82) is 0 Å². The standard InChI is InChI=1S/C28H58N2/c1-23(2,3)19-20(24(4,5)6)30(28(16,17)18)22(26(10,11)12)21(25(7,8)9)29(19)27(13,14)15/h19-22H,1-18H3. The number of hydrogen-bond donors (Lipinski definition) is 0. The summed E-state index contributed by atoms with van der Waals surface area (Å²) in [6.45, 7) is 44.2. The molecular weight excluding hydrogens is 364 g/mol. The van der Waals surface area contributed by atoms with Crippen LogP contribution in [0.5, 0.6) is 0 Å². The van der Waals surface area contributed by atoms with E-state index in [0.717, 1.165) is 0 Å². The summed E-state index contributed by atoms with van der Waals surface area (Å²) < 4.78 is 0. The van der Waals surface area contributed by atoms with E-state index in [0.29, 0.717) is 24.2 Å². The molecule has 180 valence electrons. The van der Waals surface area contributed by atoms with E-state index in [1.54, 1.807) is 0 Å². The van der Waals surface area contributed by atoms with Gasteiger partial charge in [0.15, 0.2) is 0 Å². The maximum absolute atomic E-state index is 2.96. The van der Waals surface area contributed by atoms with Gasteiger partial charge in [-0.1, -0.05) is 83.1 Å². The number of nitrogens with zero attached hydrogens (tertiary/aromatic N) is 2. The van der Waals surface area contributed by atoms with Crippen LogP contribution in [0.4, 0.5) is 0 Å². The maximum atomic E-state index is 2.96.